The lowest BCUT2D eigenvalue weighted by atomic mass is 9.81. The number of nitrogens with one attached hydrogen (secondary N) is 2. The van der Waals surface area contributed by atoms with Gasteiger partial charge in [0, 0.05) is 12.6 Å². The zero-order valence-electron chi connectivity index (χ0n) is 10.9. The van der Waals surface area contributed by atoms with Gasteiger partial charge in [0.1, 0.15) is 0 Å². The molecule has 1 aliphatic rings. The van der Waals surface area contributed by atoms with Gasteiger partial charge in [-0.3, -0.25) is 0 Å². The summed E-state index contributed by atoms with van der Waals surface area (Å²) in [5, 5.41) is 7.31. The predicted octanol–water partition coefficient (Wildman–Crippen LogP) is 3.08. The highest BCUT2D eigenvalue weighted by Gasteiger charge is 2.18. The fraction of sp³-hybridized carbons (Fsp3) is 0.923. The zero-order chi connectivity index (χ0) is 12.0. The summed E-state index contributed by atoms with van der Waals surface area (Å²) < 4.78 is 0. The van der Waals surface area contributed by atoms with Crippen LogP contribution in [-0.2, 0) is 0 Å². The van der Waals surface area contributed by atoms with Crippen LogP contribution in [0.3, 0.4) is 0 Å². The molecule has 94 valence electrons. The molecule has 0 saturated heterocycles. The second-order valence-electron chi connectivity index (χ2n) is 5.48. The highest BCUT2D eigenvalue weighted by molar-refractivity contribution is 7.80. The van der Waals surface area contributed by atoms with Gasteiger partial charge in [-0.25, -0.2) is 0 Å². The van der Waals surface area contributed by atoms with E-state index < -0.39 is 0 Å². The van der Waals surface area contributed by atoms with Crippen LogP contribution in [0.2, 0.25) is 0 Å². The summed E-state index contributed by atoms with van der Waals surface area (Å²) in [6.07, 6.45) is 6.93. The van der Waals surface area contributed by atoms with Crippen LogP contribution in [0.4, 0.5) is 0 Å². The van der Waals surface area contributed by atoms with Gasteiger partial charge in [-0.2, -0.15) is 0 Å². The molecule has 0 aromatic rings. The van der Waals surface area contributed by atoms with Gasteiger partial charge in [0.2, 0.25) is 0 Å². The molecule has 1 aliphatic carbocycles. The SMILES string of the molecule is CC1CCCC(CCNC(=S)NC(C)C)C1. The van der Waals surface area contributed by atoms with Gasteiger partial charge < -0.3 is 10.6 Å². The van der Waals surface area contributed by atoms with Crippen LogP contribution < -0.4 is 10.6 Å². The van der Waals surface area contributed by atoms with E-state index in [4.69, 9.17) is 12.2 Å². The van der Waals surface area contributed by atoms with Crippen molar-refractivity contribution in [2.45, 2.75) is 58.9 Å². The van der Waals surface area contributed by atoms with Crippen LogP contribution in [0.1, 0.15) is 52.9 Å². The Morgan fingerprint density at radius 2 is 2.12 bits per heavy atom. The summed E-state index contributed by atoms with van der Waals surface area (Å²) in [6, 6.07) is 0.426. The summed E-state index contributed by atoms with van der Waals surface area (Å²) in [5.41, 5.74) is 0. The van der Waals surface area contributed by atoms with E-state index in [1.165, 1.54) is 32.1 Å². The Morgan fingerprint density at radius 3 is 2.75 bits per heavy atom. The summed E-state index contributed by atoms with van der Waals surface area (Å²) >= 11 is 5.20. The van der Waals surface area contributed by atoms with Gasteiger partial charge in [0.05, 0.1) is 0 Å². The Balaban J connectivity index is 2.08. The molecule has 0 radical (unpaired) electrons. The van der Waals surface area contributed by atoms with E-state index >= 15 is 0 Å². The largest absolute Gasteiger partial charge is 0.363 e. The van der Waals surface area contributed by atoms with E-state index in [1.54, 1.807) is 0 Å². The molecule has 1 fully saturated rings. The molecular weight excluding hydrogens is 216 g/mol. The number of hydrogen-bond donors (Lipinski definition) is 2. The fourth-order valence-corrected chi connectivity index (χ4v) is 2.86. The van der Waals surface area contributed by atoms with Gasteiger partial charge in [0.15, 0.2) is 5.11 Å². The smallest absolute Gasteiger partial charge is 0.166 e. The van der Waals surface area contributed by atoms with Crippen LogP contribution in [0.15, 0.2) is 0 Å². The Labute approximate surface area is 106 Å². The molecule has 0 aromatic carbocycles. The minimum atomic E-state index is 0.426. The summed E-state index contributed by atoms with van der Waals surface area (Å²) in [7, 11) is 0. The van der Waals surface area contributed by atoms with Gasteiger partial charge in [0.25, 0.3) is 0 Å². The molecule has 2 N–H and O–H groups in total. The number of thiocarbonyl (C=S) groups is 1. The Hall–Kier alpha value is -0.310. The van der Waals surface area contributed by atoms with E-state index in [9.17, 15) is 0 Å². The first kappa shape index (κ1) is 13.8. The first-order chi connectivity index (χ1) is 7.58. The third kappa shape index (κ3) is 5.69. The molecule has 1 saturated carbocycles. The van der Waals surface area contributed by atoms with Crippen molar-refractivity contribution < 1.29 is 0 Å². The van der Waals surface area contributed by atoms with Gasteiger partial charge in [-0.1, -0.05) is 26.2 Å². The summed E-state index contributed by atoms with van der Waals surface area (Å²) in [4.78, 5) is 0. The lowest BCUT2D eigenvalue weighted by Crippen LogP contribution is -2.40. The highest BCUT2D eigenvalue weighted by atomic mass is 32.1. The van der Waals surface area contributed by atoms with Crippen molar-refractivity contribution in [1.82, 2.24) is 10.6 Å². The van der Waals surface area contributed by atoms with Gasteiger partial charge in [-0.05, 0) is 50.7 Å². The molecule has 0 heterocycles. The van der Waals surface area contributed by atoms with E-state index in [2.05, 4.69) is 31.4 Å². The lowest BCUT2D eigenvalue weighted by molar-refractivity contribution is 0.270. The molecule has 0 bridgehead atoms. The van der Waals surface area contributed by atoms with Crippen molar-refractivity contribution >= 4 is 17.3 Å². The maximum absolute atomic E-state index is 5.20. The maximum atomic E-state index is 5.20. The maximum Gasteiger partial charge on any atom is 0.166 e. The molecule has 3 heteroatoms. The average molecular weight is 242 g/mol. The van der Waals surface area contributed by atoms with E-state index in [0.717, 1.165) is 23.5 Å². The van der Waals surface area contributed by atoms with Crippen LogP contribution in [0.25, 0.3) is 0 Å². The molecule has 0 aliphatic heterocycles. The monoisotopic (exact) mass is 242 g/mol. The number of hydrogen-bond acceptors (Lipinski definition) is 1. The van der Waals surface area contributed by atoms with Crippen molar-refractivity contribution in [2.75, 3.05) is 6.54 Å². The first-order valence-electron chi connectivity index (χ1n) is 6.62. The topological polar surface area (TPSA) is 24.1 Å². The quantitative estimate of drug-likeness (QED) is 0.741. The average Bonchev–Trinajstić information content (AvgIpc) is 2.16. The zero-order valence-corrected chi connectivity index (χ0v) is 11.7. The van der Waals surface area contributed by atoms with E-state index in [1.807, 2.05) is 0 Å². The lowest BCUT2D eigenvalue weighted by Gasteiger charge is -2.26. The number of rotatable bonds is 4. The molecule has 2 nitrogen and oxygen atoms in total. The summed E-state index contributed by atoms with van der Waals surface area (Å²) in [6.45, 7) is 7.62. The van der Waals surface area contributed by atoms with Crippen LogP contribution in [0, 0.1) is 11.8 Å². The molecule has 2 unspecified atom stereocenters. The van der Waals surface area contributed by atoms with Crippen LogP contribution in [0.5, 0.6) is 0 Å². The Kier molecular flexibility index (Phi) is 6.10. The normalized spacial score (nSPS) is 25.5. The first-order valence-corrected chi connectivity index (χ1v) is 7.03. The minimum absolute atomic E-state index is 0.426. The third-order valence-corrected chi connectivity index (χ3v) is 3.57. The van der Waals surface area contributed by atoms with Crippen LogP contribution >= 0.6 is 12.2 Å². The minimum Gasteiger partial charge on any atom is -0.363 e. The van der Waals surface area contributed by atoms with Gasteiger partial charge in [-0.15, -0.1) is 0 Å². The molecule has 0 amide bonds. The molecule has 1 rings (SSSR count). The van der Waals surface area contributed by atoms with E-state index in [0.29, 0.717) is 6.04 Å². The van der Waals surface area contributed by atoms with Crippen molar-refractivity contribution in [2.24, 2.45) is 11.8 Å². The van der Waals surface area contributed by atoms with Crippen molar-refractivity contribution in [3.05, 3.63) is 0 Å². The van der Waals surface area contributed by atoms with Crippen molar-refractivity contribution in [1.29, 1.82) is 0 Å². The second kappa shape index (κ2) is 7.10. The molecule has 0 aromatic heterocycles. The van der Waals surface area contributed by atoms with Crippen molar-refractivity contribution in [3.8, 4) is 0 Å². The highest BCUT2D eigenvalue weighted by Crippen LogP contribution is 2.30. The predicted molar refractivity (Wildman–Crippen MR) is 74.6 cm³/mol. The third-order valence-electron chi connectivity index (χ3n) is 3.30. The fourth-order valence-electron chi connectivity index (χ4n) is 2.52. The molecular formula is C13H26N2S. The summed E-state index contributed by atoms with van der Waals surface area (Å²) in [5.74, 6) is 1.84. The Morgan fingerprint density at radius 1 is 1.38 bits per heavy atom. The molecule has 0 spiro atoms. The second-order valence-corrected chi connectivity index (χ2v) is 5.89. The van der Waals surface area contributed by atoms with Gasteiger partial charge >= 0.3 is 0 Å². The Bertz CT molecular complexity index is 216. The molecule has 2 atom stereocenters. The van der Waals surface area contributed by atoms with E-state index in [-0.39, 0.29) is 0 Å². The standard InChI is InChI=1S/C13H26N2S/c1-10(2)15-13(16)14-8-7-12-6-4-5-11(3)9-12/h10-12H,4-9H2,1-3H3,(H2,14,15,16). The van der Waals surface area contributed by atoms with Crippen LogP contribution in [-0.4, -0.2) is 17.7 Å². The molecule has 16 heavy (non-hydrogen) atoms. The van der Waals surface area contributed by atoms with Crippen molar-refractivity contribution in [3.63, 3.8) is 0 Å².